The zero-order chi connectivity index (χ0) is 20.4. The Kier molecular flexibility index (Phi) is 5.16. The normalized spacial score (nSPS) is 14.9. The van der Waals surface area contributed by atoms with Crippen LogP contribution in [0, 0.1) is 11.7 Å². The quantitative estimate of drug-likeness (QED) is 0.630. The molecule has 29 heavy (non-hydrogen) atoms. The predicted octanol–water partition coefficient (Wildman–Crippen LogP) is 2.16. The van der Waals surface area contributed by atoms with Crippen molar-refractivity contribution in [3.8, 4) is 0 Å². The summed E-state index contributed by atoms with van der Waals surface area (Å²) in [4.78, 5) is 43.4. The first-order valence-electron chi connectivity index (χ1n) is 9.53. The summed E-state index contributed by atoms with van der Waals surface area (Å²) in [6.07, 6.45) is 1.17. The van der Waals surface area contributed by atoms with Gasteiger partial charge in [0.2, 0.25) is 5.91 Å². The van der Waals surface area contributed by atoms with Crippen LogP contribution in [0.1, 0.15) is 28.8 Å². The molecule has 2 heterocycles. The smallest absolute Gasteiger partial charge is 0.323 e. The molecule has 1 saturated heterocycles. The highest BCUT2D eigenvalue weighted by Gasteiger charge is 2.27. The number of amides is 2. The summed E-state index contributed by atoms with van der Waals surface area (Å²) in [5, 5.41) is 2.94. The number of fused-ring (bicyclic) bond motifs is 1. The zero-order valence-electron chi connectivity index (χ0n) is 15.7. The molecule has 3 aromatic rings. The fourth-order valence-electron chi connectivity index (χ4n) is 3.64. The van der Waals surface area contributed by atoms with Gasteiger partial charge in [0.05, 0.1) is 11.0 Å². The van der Waals surface area contributed by atoms with E-state index in [2.05, 4.69) is 15.3 Å². The number of rotatable bonds is 4. The molecule has 0 radical (unpaired) electrons. The summed E-state index contributed by atoms with van der Waals surface area (Å²) in [7, 11) is 0. The van der Waals surface area contributed by atoms with E-state index in [0.717, 1.165) is 11.1 Å². The number of hydrogen-bond donors (Lipinski definition) is 3. The first-order chi connectivity index (χ1) is 14.0. The first-order valence-corrected chi connectivity index (χ1v) is 9.53. The minimum absolute atomic E-state index is 0.0402. The fourth-order valence-corrected chi connectivity index (χ4v) is 3.64. The first kappa shape index (κ1) is 18.9. The molecule has 0 bridgehead atoms. The molecule has 0 atom stereocenters. The van der Waals surface area contributed by atoms with E-state index in [9.17, 15) is 18.8 Å². The Morgan fingerprint density at radius 3 is 2.45 bits per heavy atom. The molecule has 3 N–H and O–H groups in total. The standard InChI is InChI=1S/C21H21FN4O3/c22-16-4-2-15(3-5-16)20(28)26-9-7-14(8-10-26)19(27)23-12-13-1-6-17-18(11-13)25-21(29)24-17/h1-6,11,14H,7-10,12H2,(H,23,27)(H2,24,25,29). The van der Waals surface area contributed by atoms with E-state index >= 15 is 0 Å². The third-order valence-corrected chi connectivity index (χ3v) is 5.29. The van der Waals surface area contributed by atoms with Crippen LogP contribution in [-0.2, 0) is 11.3 Å². The number of halogens is 1. The number of imidazole rings is 1. The van der Waals surface area contributed by atoms with Crippen molar-refractivity contribution in [3.63, 3.8) is 0 Å². The van der Waals surface area contributed by atoms with Gasteiger partial charge in [0.15, 0.2) is 0 Å². The average molecular weight is 396 g/mol. The number of hydrogen-bond acceptors (Lipinski definition) is 3. The van der Waals surface area contributed by atoms with Crippen molar-refractivity contribution in [2.45, 2.75) is 19.4 Å². The maximum absolute atomic E-state index is 13.0. The molecule has 4 rings (SSSR count). The Morgan fingerprint density at radius 2 is 1.72 bits per heavy atom. The fraction of sp³-hybridized carbons (Fsp3) is 0.286. The second-order valence-corrected chi connectivity index (χ2v) is 7.25. The molecule has 0 saturated carbocycles. The summed E-state index contributed by atoms with van der Waals surface area (Å²) < 4.78 is 13.0. The molecule has 8 heteroatoms. The van der Waals surface area contributed by atoms with Gasteiger partial charge in [-0.05, 0) is 54.8 Å². The largest absolute Gasteiger partial charge is 0.352 e. The number of H-pyrrole nitrogens is 2. The average Bonchev–Trinajstić information content (AvgIpc) is 3.11. The van der Waals surface area contributed by atoms with E-state index in [-0.39, 0.29) is 29.2 Å². The lowest BCUT2D eigenvalue weighted by Crippen LogP contribution is -2.42. The van der Waals surface area contributed by atoms with E-state index in [0.29, 0.717) is 43.6 Å². The Hall–Kier alpha value is -3.42. The molecule has 0 spiro atoms. The second-order valence-electron chi connectivity index (χ2n) is 7.25. The third-order valence-electron chi connectivity index (χ3n) is 5.29. The summed E-state index contributed by atoms with van der Waals surface area (Å²) in [6.45, 7) is 1.35. The maximum atomic E-state index is 13.0. The van der Waals surface area contributed by atoms with Gasteiger partial charge in [0.25, 0.3) is 5.91 Å². The number of aromatic nitrogens is 2. The van der Waals surface area contributed by atoms with E-state index in [1.54, 1.807) is 11.0 Å². The maximum Gasteiger partial charge on any atom is 0.323 e. The number of piperidine rings is 1. The summed E-state index contributed by atoms with van der Waals surface area (Å²) in [5.74, 6) is -0.707. The molecule has 7 nitrogen and oxygen atoms in total. The number of carbonyl (C=O) groups excluding carboxylic acids is 2. The topological polar surface area (TPSA) is 98.1 Å². The molecule has 2 amide bonds. The van der Waals surface area contributed by atoms with Gasteiger partial charge in [-0.3, -0.25) is 9.59 Å². The highest BCUT2D eigenvalue weighted by Crippen LogP contribution is 2.20. The highest BCUT2D eigenvalue weighted by atomic mass is 19.1. The van der Waals surface area contributed by atoms with Crippen molar-refractivity contribution in [1.82, 2.24) is 20.2 Å². The molecule has 150 valence electrons. The molecule has 1 aliphatic rings. The van der Waals surface area contributed by atoms with Gasteiger partial charge in [0.1, 0.15) is 5.82 Å². The number of aromatic amines is 2. The Bertz CT molecular complexity index is 1100. The van der Waals surface area contributed by atoms with Crippen LogP contribution in [0.2, 0.25) is 0 Å². The van der Waals surface area contributed by atoms with Crippen LogP contribution in [0.3, 0.4) is 0 Å². The lowest BCUT2D eigenvalue weighted by molar-refractivity contribution is -0.126. The van der Waals surface area contributed by atoms with Crippen LogP contribution in [0.15, 0.2) is 47.3 Å². The van der Waals surface area contributed by atoms with Crippen molar-refractivity contribution < 1.29 is 14.0 Å². The van der Waals surface area contributed by atoms with E-state index in [1.807, 2.05) is 12.1 Å². The molecule has 2 aromatic carbocycles. The van der Waals surface area contributed by atoms with Gasteiger partial charge in [-0.25, -0.2) is 9.18 Å². The van der Waals surface area contributed by atoms with E-state index in [4.69, 9.17) is 0 Å². The number of nitrogens with one attached hydrogen (secondary N) is 3. The monoisotopic (exact) mass is 396 g/mol. The van der Waals surface area contributed by atoms with Crippen LogP contribution in [0.4, 0.5) is 4.39 Å². The molecular weight excluding hydrogens is 375 g/mol. The summed E-state index contributed by atoms with van der Waals surface area (Å²) >= 11 is 0. The van der Waals surface area contributed by atoms with Crippen LogP contribution < -0.4 is 11.0 Å². The van der Waals surface area contributed by atoms with Crippen molar-refractivity contribution in [2.24, 2.45) is 5.92 Å². The van der Waals surface area contributed by atoms with Crippen LogP contribution in [-0.4, -0.2) is 39.8 Å². The highest BCUT2D eigenvalue weighted by molar-refractivity contribution is 5.94. The van der Waals surface area contributed by atoms with Gasteiger partial charge in [-0.15, -0.1) is 0 Å². The lowest BCUT2D eigenvalue weighted by atomic mass is 9.95. The minimum atomic E-state index is -0.376. The number of carbonyl (C=O) groups is 2. The molecule has 1 fully saturated rings. The number of benzene rings is 2. The van der Waals surface area contributed by atoms with Crippen LogP contribution in [0.5, 0.6) is 0 Å². The SMILES string of the molecule is O=C(NCc1ccc2[nH]c(=O)[nH]c2c1)C1CCN(C(=O)c2ccc(F)cc2)CC1. The van der Waals surface area contributed by atoms with E-state index < -0.39 is 0 Å². The molecular formula is C21H21FN4O3. The number of likely N-dealkylation sites (tertiary alicyclic amines) is 1. The summed E-state index contributed by atoms with van der Waals surface area (Å²) in [5.41, 5.74) is 2.51. The van der Waals surface area contributed by atoms with Crippen molar-refractivity contribution in [2.75, 3.05) is 13.1 Å². The predicted molar refractivity (Wildman–Crippen MR) is 106 cm³/mol. The van der Waals surface area contributed by atoms with Gasteiger partial charge in [-0.1, -0.05) is 6.07 Å². The molecule has 0 aliphatic carbocycles. The van der Waals surface area contributed by atoms with Gasteiger partial charge < -0.3 is 20.2 Å². The second kappa shape index (κ2) is 7.90. The Balaban J connectivity index is 1.29. The number of nitrogens with zero attached hydrogens (tertiary/aromatic N) is 1. The van der Waals surface area contributed by atoms with Crippen LogP contribution >= 0.6 is 0 Å². The zero-order valence-corrected chi connectivity index (χ0v) is 15.7. The van der Waals surface area contributed by atoms with Crippen molar-refractivity contribution in [3.05, 3.63) is 69.9 Å². The lowest BCUT2D eigenvalue weighted by Gasteiger charge is -2.31. The van der Waals surface area contributed by atoms with E-state index in [1.165, 1.54) is 24.3 Å². The third kappa shape index (κ3) is 4.21. The van der Waals surface area contributed by atoms with Crippen LogP contribution in [0.25, 0.3) is 11.0 Å². The van der Waals surface area contributed by atoms with Gasteiger partial charge >= 0.3 is 5.69 Å². The van der Waals surface area contributed by atoms with Crippen molar-refractivity contribution >= 4 is 22.8 Å². The Morgan fingerprint density at radius 1 is 1.03 bits per heavy atom. The Labute approximate surface area is 165 Å². The minimum Gasteiger partial charge on any atom is -0.352 e. The van der Waals surface area contributed by atoms with Gasteiger partial charge in [-0.2, -0.15) is 0 Å². The molecule has 0 unspecified atom stereocenters. The van der Waals surface area contributed by atoms with Gasteiger partial charge in [0, 0.05) is 31.1 Å². The van der Waals surface area contributed by atoms with Crippen molar-refractivity contribution in [1.29, 1.82) is 0 Å². The molecule has 1 aliphatic heterocycles. The summed E-state index contributed by atoms with van der Waals surface area (Å²) in [6, 6.07) is 11.0. The molecule has 1 aromatic heterocycles.